The van der Waals surface area contributed by atoms with Gasteiger partial charge in [0.05, 0.1) is 6.54 Å². The van der Waals surface area contributed by atoms with Gasteiger partial charge in [-0.3, -0.25) is 9.69 Å². The van der Waals surface area contributed by atoms with Crippen LogP contribution in [0.15, 0.2) is 22.7 Å². The molecular formula is C14H13F2N3O3. The molecule has 0 saturated carbocycles. The molecule has 1 atom stereocenters. The van der Waals surface area contributed by atoms with Crippen LogP contribution in [-0.2, 0) is 11.3 Å². The first-order valence-corrected chi connectivity index (χ1v) is 6.79. The monoisotopic (exact) mass is 309 g/mol. The molecule has 8 heteroatoms. The van der Waals surface area contributed by atoms with Crippen LogP contribution in [0.25, 0.3) is 11.4 Å². The number of hydrogen-bond donors (Lipinski definition) is 1. The summed E-state index contributed by atoms with van der Waals surface area (Å²) in [6, 6.07) is 2.77. The molecule has 2 heterocycles. The quantitative estimate of drug-likeness (QED) is 0.931. The standard InChI is InChI=1S/C14H13F2N3O3/c15-9-4-3-8(6-10(9)16)13-17-12(22-18-13)7-19-5-1-2-11(19)14(20)21/h3-4,6,11H,1-2,5,7H2,(H,20,21). The van der Waals surface area contributed by atoms with Crippen LogP contribution in [0.2, 0.25) is 0 Å². The third kappa shape index (κ3) is 2.82. The van der Waals surface area contributed by atoms with Crippen LogP contribution in [0, 0.1) is 11.6 Å². The molecule has 6 nitrogen and oxygen atoms in total. The van der Waals surface area contributed by atoms with Crippen molar-refractivity contribution < 1.29 is 23.2 Å². The summed E-state index contributed by atoms with van der Waals surface area (Å²) in [5.74, 6) is -2.44. The Morgan fingerprint density at radius 1 is 1.41 bits per heavy atom. The number of carbonyl (C=O) groups is 1. The van der Waals surface area contributed by atoms with Crippen LogP contribution in [0.5, 0.6) is 0 Å². The first-order chi connectivity index (χ1) is 10.5. The highest BCUT2D eigenvalue weighted by atomic mass is 19.2. The van der Waals surface area contributed by atoms with Crippen molar-refractivity contribution in [1.82, 2.24) is 15.0 Å². The molecule has 0 spiro atoms. The Labute approximate surface area is 124 Å². The molecule has 2 aromatic rings. The summed E-state index contributed by atoms with van der Waals surface area (Å²) >= 11 is 0. The number of likely N-dealkylation sites (tertiary alicyclic amines) is 1. The molecule has 1 aromatic carbocycles. The van der Waals surface area contributed by atoms with E-state index >= 15 is 0 Å². The SMILES string of the molecule is O=C(O)C1CCCN1Cc1nc(-c2ccc(F)c(F)c2)no1. The highest BCUT2D eigenvalue weighted by Gasteiger charge is 2.31. The fourth-order valence-corrected chi connectivity index (χ4v) is 2.54. The number of rotatable bonds is 4. The summed E-state index contributed by atoms with van der Waals surface area (Å²) in [6.45, 7) is 0.855. The lowest BCUT2D eigenvalue weighted by atomic mass is 10.2. The minimum Gasteiger partial charge on any atom is -0.480 e. The highest BCUT2D eigenvalue weighted by Crippen LogP contribution is 2.22. The summed E-state index contributed by atoms with van der Waals surface area (Å²) in [5, 5.41) is 12.8. The summed E-state index contributed by atoms with van der Waals surface area (Å²) in [5.41, 5.74) is 0.296. The second kappa shape index (κ2) is 5.80. The van der Waals surface area contributed by atoms with Crippen molar-refractivity contribution >= 4 is 5.97 Å². The van der Waals surface area contributed by atoms with Gasteiger partial charge in [-0.2, -0.15) is 4.98 Å². The minimum absolute atomic E-state index is 0.139. The maximum atomic E-state index is 13.2. The molecular weight excluding hydrogens is 296 g/mol. The normalized spacial score (nSPS) is 18.7. The Bertz CT molecular complexity index is 704. The van der Waals surface area contributed by atoms with Gasteiger partial charge < -0.3 is 9.63 Å². The average Bonchev–Trinajstić information content (AvgIpc) is 3.11. The van der Waals surface area contributed by atoms with Crippen LogP contribution < -0.4 is 0 Å². The number of hydrogen-bond acceptors (Lipinski definition) is 5. The van der Waals surface area contributed by atoms with Crippen molar-refractivity contribution in [2.45, 2.75) is 25.4 Å². The number of nitrogens with zero attached hydrogens (tertiary/aromatic N) is 3. The van der Waals surface area contributed by atoms with Gasteiger partial charge in [-0.1, -0.05) is 5.16 Å². The molecule has 1 aromatic heterocycles. The number of carboxylic acids is 1. The predicted octanol–water partition coefficient (Wildman–Crippen LogP) is 2.06. The van der Waals surface area contributed by atoms with Crippen LogP contribution >= 0.6 is 0 Å². The molecule has 1 unspecified atom stereocenters. The van der Waals surface area contributed by atoms with Gasteiger partial charge in [0, 0.05) is 5.56 Å². The summed E-state index contributed by atoms with van der Waals surface area (Å²) in [7, 11) is 0. The van der Waals surface area contributed by atoms with Crippen LogP contribution in [-0.4, -0.2) is 38.7 Å². The third-order valence-electron chi connectivity index (χ3n) is 3.63. The number of carboxylic acid groups (broad SMARTS) is 1. The van der Waals surface area contributed by atoms with E-state index in [1.807, 2.05) is 0 Å². The summed E-state index contributed by atoms with van der Waals surface area (Å²) < 4.78 is 31.2. The Balaban J connectivity index is 1.76. The van der Waals surface area contributed by atoms with Crippen molar-refractivity contribution in [3.63, 3.8) is 0 Å². The van der Waals surface area contributed by atoms with E-state index in [0.29, 0.717) is 18.5 Å². The largest absolute Gasteiger partial charge is 0.480 e. The maximum absolute atomic E-state index is 13.2. The van der Waals surface area contributed by atoms with Gasteiger partial charge in [-0.25, -0.2) is 8.78 Å². The Morgan fingerprint density at radius 2 is 2.23 bits per heavy atom. The fourth-order valence-electron chi connectivity index (χ4n) is 2.54. The first-order valence-electron chi connectivity index (χ1n) is 6.79. The van der Waals surface area contributed by atoms with Gasteiger partial charge in [-0.05, 0) is 37.6 Å². The molecule has 1 fully saturated rings. The van der Waals surface area contributed by atoms with Crippen LogP contribution in [0.3, 0.4) is 0 Å². The number of aromatic nitrogens is 2. The molecule has 0 aliphatic carbocycles. The highest BCUT2D eigenvalue weighted by molar-refractivity contribution is 5.73. The molecule has 116 valence electrons. The Hall–Kier alpha value is -2.35. The van der Waals surface area contributed by atoms with Crippen LogP contribution in [0.1, 0.15) is 18.7 Å². The van der Waals surface area contributed by atoms with Crippen molar-refractivity contribution in [2.75, 3.05) is 6.54 Å². The Morgan fingerprint density at radius 3 is 2.95 bits per heavy atom. The number of aliphatic carboxylic acids is 1. The predicted molar refractivity (Wildman–Crippen MR) is 70.7 cm³/mol. The lowest BCUT2D eigenvalue weighted by Crippen LogP contribution is -2.35. The molecule has 0 bridgehead atoms. The van der Waals surface area contributed by atoms with Gasteiger partial charge in [0.2, 0.25) is 11.7 Å². The smallest absolute Gasteiger partial charge is 0.320 e. The van der Waals surface area contributed by atoms with E-state index in [-0.39, 0.29) is 18.3 Å². The van der Waals surface area contributed by atoms with E-state index in [9.17, 15) is 13.6 Å². The fraction of sp³-hybridized carbons (Fsp3) is 0.357. The lowest BCUT2D eigenvalue weighted by molar-refractivity contribution is -0.142. The average molecular weight is 309 g/mol. The zero-order valence-corrected chi connectivity index (χ0v) is 11.5. The van der Waals surface area contributed by atoms with Crippen molar-refractivity contribution in [3.8, 4) is 11.4 Å². The zero-order valence-electron chi connectivity index (χ0n) is 11.5. The van der Waals surface area contributed by atoms with Gasteiger partial charge >= 0.3 is 5.97 Å². The van der Waals surface area contributed by atoms with Crippen molar-refractivity contribution in [2.24, 2.45) is 0 Å². The topological polar surface area (TPSA) is 79.5 Å². The van der Waals surface area contributed by atoms with E-state index in [1.165, 1.54) is 6.07 Å². The molecule has 0 radical (unpaired) electrons. The Kier molecular flexibility index (Phi) is 3.84. The maximum Gasteiger partial charge on any atom is 0.320 e. The van der Waals surface area contributed by atoms with E-state index < -0.39 is 23.6 Å². The summed E-state index contributed by atoms with van der Waals surface area (Å²) in [4.78, 5) is 17.0. The molecule has 3 rings (SSSR count). The minimum atomic E-state index is -0.991. The third-order valence-corrected chi connectivity index (χ3v) is 3.63. The molecule has 1 N–H and O–H groups in total. The van der Waals surface area contributed by atoms with Crippen molar-refractivity contribution in [1.29, 1.82) is 0 Å². The first kappa shape index (κ1) is 14.6. The molecule has 1 saturated heterocycles. The molecule has 22 heavy (non-hydrogen) atoms. The van der Waals surface area contributed by atoms with Crippen LogP contribution in [0.4, 0.5) is 8.78 Å². The van der Waals surface area contributed by atoms with Gasteiger partial charge in [0.25, 0.3) is 0 Å². The van der Waals surface area contributed by atoms with Gasteiger partial charge in [0.15, 0.2) is 11.6 Å². The van der Waals surface area contributed by atoms with Gasteiger partial charge in [-0.15, -0.1) is 0 Å². The van der Waals surface area contributed by atoms with Gasteiger partial charge in [0.1, 0.15) is 6.04 Å². The van der Waals surface area contributed by atoms with E-state index in [2.05, 4.69) is 10.1 Å². The zero-order chi connectivity index (χ0) is 15.7. The molecule has 1 aliphatic heterocycles. The molecule has 1 aliphatic rings. The number of benzene rings is 1. The van der Waals surface area contributed by atoms with E-state index in [4.69, 9.17) is 9.63 Å². The molecule has 0 amide bonds. The summed E-state index contributed by atoms with van der Waals surface area (Å²) in [6.07, 6.45) is 1.38. The van der Waals surface area contributed by atoms with E-state index in [0.717, 1.165) is 18.6 Å². The van der Waals surface area contributed by atoms with E-state index in [1.54, 1.807) is 4.90 Å². The van der Waals surface area contributed by atoms with Crippen molar-refractivity contribution in [3.05, 3.63) is 35.7 Å². The lowest BCUT2D eigenvalue weighted by Gasteiger charge is -2.18. The second-order valence-corrected chi connectivity index (χ2v) is 5.11. The number of halogens is 2. The second-order valence-electron chi connectivity index (χ2n) is 5.11.